The SMILES string of the molecule is COC(F)(F)S(=O)(=O)c1ccccc1CBr. The molecule has 0 aliphatic carbocycles. The minimum atomic E-state index is -4.82. The highest BCUT2D eigenvalue weighted by molar-refractivity contribution is 9.08. The van der Waals surface area contributed by atoms with Gasteiger partial charge in [-0.2, -0.15) is 8.78 Å². The van der Waals surface area contributed by atoms with Crippen LogP contribution in [0.15, 0.2) is 29.2 Å². The Labute approximate surface area is 100 Å². The van der Waals surface area contributed by atoms with E-state index in [4.69, 9.17) is 0 Å². The Balaban J connectivity index is 3.39. The van der Waals surface area contributed by atoms with Gasteiger partial charge in [0.25, 0.3) is 9.84 Å². The van der Waals surface area contributed by atoms with Crippen LogP contribution in [0, 0.1) is 0 Å². The summed E-state index contributed by atoms with van der Waals surface area (Å²) < 4.78 is 53.1. The Morgan fingerprint density at radius 3 is 2.44 bits per heavy atom. The van der Waals surface area contributed by atoms with E-state index in [1.165, 1.54) is 12.1 Å². The van der Waals surface area contributed by atoms with Crippen LogP contribution in [0.2, 0.25) is 0 Å². The van der Waals surface area contributed by atoms with Crippen molar-refractivity contribution in [2.24, 2.45) is 0 Å². The van der Waals surface area contributed by atoms with Crippen LogP contribution in [0.25, 0.3) is 0 Å². The molecule has 1 rings (SSSR count). The molecule has 3 nitrogen and oxygen atoms in total. The van der Waals surface area contributed by atoms with Crippen molar-refractivity contribution >= 4 is 25.8 Å². The molecule has 1 aromatic carbocycles. The summed E-state index contributed by atoms with van der Waals surface area (Å²) in [6.45, 7) is 0. The maximum Gasteiger partial charge on any atom is 0.466 e. The molecule has 0 aliphatic heterocycles. The first-order valence-electron chi connectivity index (χ1n) is 4.18. The van der Waals surface area contributed by atoms with Gasteiger partial charge in [-0.3, -0.25) is 0 Å². The standard InChI is InChI=1S/C9H9BrF2O3S/c1-15-9(11,12)16(13,14)8-5-3-2-4-7(8)6-10/h2-5H,6H2,1H3. The number of halogens is 3. The third-order valence-electron chi connectivity index (χ3n) is 1.96. The number of hydrogen-bond donors (Lipinski definition) is 0. The quantitative estimate of drug-likeness (QED) is 0.802. The van der Waals surface area contributed by atoms with Gasteiger partial charge in [0.1, 0.15) is 0 Å². The minimum Gasteiger partial charge on any atom is -0.311 e. The third kappa shape index (κ3) is 2.26. The van der Waals surface area contributed by atoms with Crippen molar-refractivity contribution in [1.29, 1.82) is 0 Å². The fraction of sp³-hybridized carbons (Fsp3) is 0.333. The molecular weight excluding hydrogens is 306 g/mol. The predicted molar refractivity (Wildman–Crippen MR) is 58.2 cm³/mol. The largest absolute Gasteiger partial charge is 0.466 e. The van der Waals surface area contributed by atoms with E-state index in [9.17, 15) is 17.2 Å². The van der Waals surface area contributed by atoms with Crippen molar-refractivity contribution in [3.8, 4) is 0 Å². The molecule has 0 bridgehead atoms. The first kappa shape index (κ1) is 13.5. The van der Waals surface area contributed by atoms with E-state index in [-0.39, 0.29) is 10.9 Å². The highest BCUT2D eigenvalue weighted by Gasteiger charge is 2.47. The van der Waals surface area contributed by atoms with E-state index >= 15 is 0 Å². The molecule has 0 saturated carbocycles. The van der Waals surface area contributed by atoms with Gasteiger partial charge in [-0.1, -0.05) is 34.1 Å². The van der Waals surface area contributed by atoms with Crippen molar-refractivity contribution in [3.05, 3.63) is 29.8 Å². The Bertz CT molecular complexity index is 473. The lowest BCUT2D eigenvalue weighted by Crippen LogP contribution is -2.31. The van der Waals surface area contributed by atoms with Crippen LogP contribution in [-0.2, 0) is 19.9 Å². The van der Waals surface area contributed by atoms with Gasteiger partial charge in [0.15, 0.2) is 0 Å². The van der Waals surface area contributed by atoms with Gasteiger partial charge >= 0.3 is 5.44 Å². The molecule has 0 atom stereocenters. The molecule has 0 N–H and O–H groups in total. The Hall–Kier alpha value is -0.530. The van der Waals surface area contributed by atoms with E-state index in [0.29, 0.717) is 7.11 Å². The number of hydrogen-bond acceptors (Lipinski definition) is 3. The zero-order valence-electron chi connectivity index (χ0n) is 8.28. The first-order valence-corrected chi connectivity index (χ1v) is 6.78. The summed E-state index contributed by atoms with van der Waals surface area (Å²) in [7, 11) is -4.17. The van der Waals surface area contributed by atoms with Gasteiger partial charge in [-0.25, -0.2) is 8.42 Å². The maximum absolute atomic E-state index is 13.1. The molecule has 0 spiro atoms. The summed E-state index contributed by atoms with van der Waals surface area (Å²) in [5.74, 6) is 0. The van der Waals surface area contributed by atoms with Gasteiger partial charge in [-0.05, 0) is 11.6 Å². The lowest BCUT2D eigenvalue weighted by atomic mass is 10.2. The van der Waals surface area contributed by atoms with E-state index in [1.54, 1.807) is 6.07 Å². The monoisotopic (exact) mass is 314 g/mol. The molecule has 16 heavy (non-hydrogen) atoms. The average molecular weight is 315 g/mol. The molecule has 90 valence electrons. The Morgan fingerprint density at radius 2 is 1.94 bits per heavy atom. The lowest BCUT2D eigenvalue weighted by Gasteiger charge is -2.16. The van der Waals surface area contributed by atoms with Gasteiger partial charge in [0.05, 0.1) is 4.90 Å². The van der Waals surface area contributed by atoms with Crippen LogP contribution in [0.4, 0.5) is 8.78 Å². The molecule has 0 radical (unpaired) electrons. The second kappa shape index (κ2) is 4.77. The first-order chi connectivity index (χ1) is 7.36. The van der Waals surface area contributed by atoms with Crippen LogP contribution in [-0.4, -0.2) is 21.0 Å². The summed E-state index contributed by atoms with van der Waals surface area (Å²) in [5, 5.41) is 0.169. The number of sulfone groups is 1. The molecular formula is C9H9BrF2O3S. The van der Waals surface area contributed by atoms with Crippen molar-refractivity contribution in [1.82, 2.24) is 0 Å². The van der Waals surface area contributed by atoms with Crippen molar-refractivity contribution in [2.45, 2.75) is 15.7 Å². The zero-order chi connectivity index (χ0) is 12.4. The third-order valence-corrected chi connectivity index (χ3v) is 4.33. The normalized spacial score (nSPS) is 12.8. The van der Waals surface area contributed by atoms with Gasteiger partial charge < -0.3 is 4.74 Å². The van der Waals surface area contributed by atoms with Crippen LogP contribution in [0.1, 0.15) is 5.56 Å². The van der Waals surface area contributed by atoms with Gasteiger partial charge in [0.2, 0.25) is 0 Å². The van der Waals surface area contributed by atoms with Crippen molar-refractivity contribution < 1.29 is 21.9 Å². The molecule has 0 heterocycles. The molecule has 0 aliphatic rings. The topological polar surface area (TPSA) is 43.4 Å². The molecule has 0 aromatic heterocycles. The second-order valence-corrected chi connectivity index (χ2v) is 5.39. The van der Waals surface area contributed by atoms with Gasteiger partial charge in [-0.15, -0.1) is 0 Å². The van der Waals surface area contributed by atoms with Crippen LogP contribution < -0.4 is 0 Å². The highest BCUT2D eigenvalue weighted by Crippen LogP contribution is 2.32. The Kier molecular flexibility index (Phi) is 4.03. The fourth-order valence-electron chi connectivity index (χ4n) is 1.11. The van der Waals surface area contributed by atoms with Crippen molar-refractivity contribution in [2.75, 3.05) is 7.11 Å². The molecule has 0 fully saturated rings. The van der Waals surface area contributed by atoms with Crippen molar-refractivity contribution in [3.63, 3.8) is 0 Å². The average Bonchev–Trinajstić information content (AvgIpc) is 2.28. The number of rotatable bonds is 4. The number of benzene rings is 1. The van der Waals surface area contributed by atoms with E-state index < -0.39 is 20.2 Å². The van der Waals surface area contributed by atoms with Crippen LogP contribution in [0.5, 0.6) is 0 Å². The van der Waals surface area contributed by atoms with E-state index in [2.05, 4.69) is 20.7 Å². The number of ether oxygens (including phenoxy) is 1. The fourth-order valence-corrected chi connectivity index (χ4v) is 3.01. The smallest absolute Gasteiger partial charge is 0.311 e. The molecule has 1 aromatic rings. The summed E-state index contributed by atoms with van der Waals surface area (Å²) in [5.41, 5.74) is -3.95. The van der Waals surface area contributed by atoms with Gasteiger partial charge in [0, 0.05) is 12.4 Å². The van der Waals surface area contributed by atoms with E-state index in [1.807, 2.05) is 0 Å². The highest BCUT2D eigenvalue weighted by atomic mass is 79.9. The lowest BCUT2D eigenvalue weighted by molar-refractivity contribution is -0.148. The minimum absolute atomic E-state index is 0.169. The second-order valence-electron chi connectivity index (χ2n) is 2.91. The predicted octanol–water partition coefficient (Wildman–Crippen LogP) is 2.55. The summed E-state index contributed by atoms with van der Waals surface area (Å²) >= 11 is 3.04. The number of alkyl halides is 3. The number of methoxy groups -OCH3 is 1. The van der Waals surface area contributed by atoms with Crippen LogP contribution >= 0.6 is 15.9 Å². The molecule has 0 amide bonds. The Morgan fingerprint density at radius 1 is 1.38 bits per heavy atom. The summed E-state index contributed by atoms with van der Waals surface area (Å²) in [6, 6.07) is 5.53. The summed E-state index contributed by atoms with van der Waals surface area (Å²) in [6.07, 6.45) is 0. The summed E-state index contributed by atoms with van der Waals surface area (Å²) in [4.78, 5) is -0.432. The molecule has 7 heteroatoms. The zero-order valence-corrected chi connectivity index (χ0v) is 10.7. The van der Waals surface area contributed by atoms with Crippen LogP contribution in [0.3, 0.4) is 0 Å². The molecule has 0 unspecified atom stereocenters. The molecule has 0 saturated heterocycles. The maximum atomic E-state index is 13.1. The van der Waals surface area contributed by atoms with E-state index in [0.717, 1.165) is 6.07 Å².